The number of pyridine rings is 1. The van der Waals surface area contributed by atoms with Crippen molar-refractivity contribution >= 4 is 11.0 Å². The predicted molar refractivity (Wildman–Crippen MR) is 82.5 cm³/mol. The topological polar surface area (TPSA) is 51.1 Å². The predicted octanol–water partition coefficient (Wildman–Crippen LogP) is 2.52. The molecule has 1 heterocycles. The van der Waals surface area contributed by atoms with Gasteiger partial charge in [0.2, 0.25) is 0 Å². The maximum atomic E-state index is 11.9. The Hall–Kier alpha value is -0.940. The molecule has 19 heavy (non-hydrogen) atoms. The number of aryl methyl sites for hydroxylation is 1. The first-order valence-corrected chi connectivity index (χ1v) is 7.71. The molecule has 2 atom stereocenters. The Morgan fingerprint density at radius 2 is 1.84 bits per heavy atom. The van der Waals surface area contributed by atoms with Gasteiger partial charge in [0.1, 0.15) is 0 Å². The first-order chi connectivity index (χ1) is 8.71. The van der Waals surface area contributed by atoms with Crippen LogP contribution < -0.4 is 10.3 Å². The van der Waals surface area contributed by atoms with Gasteiger partial charge in [0.05, 0.1) is 15.7 Å². The molecule has 1 aromatic rings. The molecule has 4 nitrogen and oxygen atoms in total. The quantitative estimate of drug-likeness (QED) is 0.928. The molecule has 1 rings (SSSR count). The van der Waals surface area contributed by atoms with E-state index in [0.717, 1.165) is 5.56 Å². The molecule has 110 valence electrons. The van der Waals surface area contributed by atoms with Crippen molar-refractivity contribution in [2.24, 2.45) is 7.05 Å². The highest BCUT2D eigenvalue weighted by molar-refractivity contribution is 7.84. The molecule has 5 heteroatoms. The molecule has 0 saturated heterocycles. The van der Waals surface area contributed by atoms with Crippen LogP contribution in [0.3, 0.4) is 0 Å². The number of nitrogens with zero attached hydrogens (tertiary/aromatic N) is 1. The van der Waals surface area contributed by atoms with Gasteiger partial charge in [0.15, 0.2) is 0 Å². The van der Waals surface area contributed by atoms with Gasteiger partial charge in [-0.25, -0.2) is 8.93 Å². The van der Waals surface area contributed by atoms with Crippen LogP contribution in [0.15, 0.2) is 23.1 Å². The van der Waals surface area contributed by atoms with E-state index in [4.69, 9.17) is 0 Å². The molecule has 0 aromatic carbocycles. The SMILES string of the molecule is CC.CC(NS(=O)C(C)(C)C)c1ccn(C)c(=O)c1. The average molecular weight is 286 g/mol. The molecule has 1 aromatic heterocycles. The maximum Gasteiger partial charge on any atom is 0.250 e. The second-order valence-corrected chi connectivity index (χ2v) is 7.13. The average Bonchev–Trinajstić information content (AvgIpc) is 2.33. The zero-order chi connectivity index (χ0) is 15.2. The van der Waals surface area contributed by atoms with E-state index < -0.39 is 11.0 Å². The van der Waals surface area contributed by atoms with Crippen LogP contribution in [0, 0.1) is 0 Å². The van der Waals surface area contributed by atoms with Gasteiger partial charge >= 0.3 is 0 Å². The Bertz CT molecular complexity index is 475. The van der Waals surface area contributed by atoms with E-state index in [0.29, 0.717) is 0 Å². The third-order valence-electron chi connectivity index (χ3n) is 2.47. The van der Waals surface area contributed by atoms with Crippen LogP contribution >= 0.6 is 0 Å². The summed E-state index contributed by atoms with van der Waals surface area (Å²) in [5.41, 5.74) is 0.795. The van der Waals surface area contributed by atoms with Gasteiger partial charge < -0.3 is 4.57 Å². The van der Waals surface area contributed by atoms with Crippen LogP contribution in [0.5, 0.6) is 0 Å². The fraction of sp³-hybridized carbons (Fsp3) is 0.643. The number of rotatable bonds is 3. The summed E-state index contributed by atoms with van der Waals surface area (Å²) in [6.07, 6.45) is 1.72. The van der Waals surface area contributed by atoms with E-state index in [9.17, 15) is 9.00 Å². The van der Waals surface area contributed by atoms with Gasteiger partial charge in [-0.2, -0.15) is 0 Å². The zero-order valence-electron chi connectivity index (χ0n) is 13.0. The lowest BCUT2D eigenvalue weighted by Gasteiger charge is -2.22. The van der Waals surface area contributed by atoms with Crippen LogP contribution in [-0.4, -0.2) is 13.5 Å². The van der Waals surface area contributed by atoms with E-state index in [-0.39, 0.29) is 16.3 Å². The van der Waals surface area contributed by atoms with Crippen molar-refractivity contribution in [3.05, 3.63) is 34.2 Å². The summed E-state index contributed by atoms with van der Waals surface area (Å²) >= 11 is 0. The van der Waals surface area contributed by atoms with Crippen LogP contribution in [0.2, 0.25) is 0 Å². The van der Waals surface area contributed by atoms with Gasteiger partial charge in [0.25, 0.3) is 5.56 Å². The Morgan fingerprint density at radius 3 is 2.26 bits per heavy atom. The molecular formula is C14H26N2O2S. The van der Waals surface area contributed by atoms with E-state index in [1.165, 1.54) is 4.57 Å². The number of nitrogens with one attached hydrogen (secondary N) is 1. The van der Waals surface area contributed by atoms with Gasteiger partial charge in [-0.3, -0.25) is 4.79 Å². The summed E-state index contributed by atoms with van der Waals surface area (Å²) in [5.74, 6) is 0. The third kappa shape index (κ3) is 5.70. The lowest BCUT2D eigenvalue weighted by Crippen LogP contribution is -2.35. The van der Waals surface area contributed by atoms with Gasteiger partial charge in [-0.15, -0.1) is 0 Å². The first kappa shape index (κ1) is 18.1. The number of hydrogen-bond acceptors (Lipinski definition) is 2. The number of aromatic nitrogens is 1. The van der Waals surface area contributed by atoms with Crippen molar-refractivity contribution in [2.75, 3.05) is 0 Å². The van der Waals surface area contributed by atoms with Crippen LogP contribution in [-0.2, 0) is 18.0 Å². The normalized spacial score (nSPS) is 14.3. The summed E-state index contributed by atoms with van der Waals surface area (Å²) < 4.78 is 16.1. The van der Waals surface area contributed by atoms with E-state index in [1.54, 1.807) is 19.3 Å². The molecule has 0 bridgehead atoms. The third-order valence-corrected chi connectivity index (χ3v) is 4.15. The second-order valence-electron chi connectivity index (χ2n) is 5.13. The van der Waals surface area contributed by atoms with E-state index in [2.05, 4.69) is 4.72 Å². The highest BCUT2D eigenvalue weighted by Crippen LogP contribution is 2.15. The summed E-state index contributed by atoms with van der Waals surface area (Å²) in [6, 6.07) is 3.32. The summed E-state index contributed by atoms with van der Waals surface area (Å²) in [7, 11) is 0.567. The monoisotopic (exact) mass is 286 g/mol. The highest BCUT2D eigenvalue weighted by Gasteiger charge is 2.21. The standard InChI is InChI=1S/C12H20N2O2S.C2H6/c1-9(13-17(16)12(2,3)4)10-6-7-14(5)11(15)8-10;1-2/h6-9,13H,1-5H3;1-2H3. The summed E-state index contributed by atoms with van der Waals surface area (Å²) in [5, 5.41) is 0. The first-order valence-electron chi connectivity index (χ1n) is 6.56. The lowest BCUT2D eigenvalue weighted by molar-refractivity contribution is 0.615. The van der Waals surface area contributed by atoms with Crippen LogP contribution in [0.4, 0.5) is 0 Å². The molecular weight excluding hydrogens is 260 g/mol. The van der Waals surface area contributed by atoms with Crippen molar-refractivity contribution in [3.63, 3.8) is 0 Å². The van der Waals surface area contributed by atoms with Crippen molar-refractivity contribution in [2.45, 2.75) is 52.3 Å². The maximum absolute atomic E-state index is 11.9. The molecule has 0 spiro atoms. The van der Waals surface area contributed by atoms with Gasteiger partial charge in [-0.1, -0.05) is 13.8 Å². The molecule has 2 unspecified atom stereocenters. The van der Waals surface area contributed by atoms with Crippen molar-refractivity contribution in [1.82, 2.24) is 9.29 Å². The molecule has 0 saturated carbocycles. The summed E-state index contributed by atoms with van der Waals surface area (Å²) in [4.78, 5) is 11.5. The Labute approximate surface area is 118 Å². The Balaban J connectivity index is 0.00000154. The Kier molecular flexibility index (Phi) is 7.23. The van der Waals surface area contributed by atoms with Crippen LogP contribution in [0.25, 0.3) is 0 Å². The summed E-state index contributed by atoms with van der Waals surface area (Å²) in [6.45, 7) is 11.6. The molecule has 0 amide bonds. The van der Waals surface area contributed by atoms with Crippen LogP contribution in [0.1, 0.15) is 53.1 Å². The van der Waals surface area contributed by atoms with Gasteiger partial charge in [0, 0.05) is 25.4 Å². The molecule has 0 radical (unpaired) electrons. The number of hydrogen-bond donors (Lipinski definition) is 1. The van der Waals surface area contributed by atoms with Gasteiger partial charge in [-0.05, 0) is 39.3 Å². The largest absolute Gasteiger partial charge is 0.319 e. The van der Waals surface area contributed by atoms with Crippen molar-refractivity contribution < 1.29 is 4.21 Å². The minimum Gasteiger partial charge on any atom is -0.319 e. The van der Waals surface area contributed by atoms with Crippen molar-refractivity contribution in [3.8, 4) is 0 Å². The Morgan fingerprint density at radius 1 is 1.32 bits per heavy atom. The fourth-order valence-corrected chi connectivity index (χ4v) is 2.05. The molecule has 1 N–H and O–H groups in total. The minimum atomic E-state index is -1.14. The molecule has 0 fully saturated rings. The second kappa shape index (κ2) is 7.60. The minimum absolute atomic E-state index is 0.0577. The van der Waals surface area contributed by atoms with E-state index >= 15 is 0 Å². The lowest BCUT2D eigenvalue weighted by atomic mass is 10.1. The smallest absolute Gasteiger partial charge is 0.250 e. The molecule has 0 aliphatic rings. The van der Waals surface area contributed by atoms with Crippen molar-refractivity contribution in [1.29, 1.82) is 0 Å². The van der Waals surface area contributed by atoms with E-state index in [1.807, 2.05) is 47.6 Å². The highest BCUT2D eigenvalue weighted by atomic mass is 32.2. The fourth-order valence-electron chi connectivity index (χ4n) is 1.24. The zero-order valence-corrected chi connectivity index (χ0v) is 13.8. The molecule has 0 aliphatic carbocycles. The molecule has 0 aliphatic heterocycles.